The minimum absolute atomic E-state index is 0.115. The fourth-order valence-corrected chi connectivity index (χ4v) is 3.35. The zero-order chi connectivity index (χ0) is 19.5. The van der Waals surface area contributed by atoms with E-state index in [9.17, 15) is 9.59 Å². The molecule has 1 saturated heterocycles. The van der Waals surface area contributed by atoms with E-state index in [0.717, 1.165) is 12.8 Å². The average molecular weight is 400 g/mol. The van der Waals surface area contributed by atoms with Gasteiger partial charge >= 0.3 is 0 Å². The molecule has 1 unspecified atom stereocenters. The van der Waals surface area contributed by atoms with Crippen molar-refractivity contribution in [2.75, 3.05) is 18.4 Å². The highest BCUT2D eigenvalue weighted by molar-refractivity contribution is 6.30. The van der Waals surface area contributed by atoms with Crippen LogP contribution in [0.2, 0.25) is 5.02 Å². The van der Waals surface area contributed by atoms with Gasteiger partial charge in [0.15, 0.2) is 11.5 Å². The first-order valence-electron chi connectivity index (χ1n) is 8.96. The number of likely N-dealkylation sites (tertiary alicyclic amines) is 1. The Morgan fingerprint density at radius 2 is 2.00 bits per heavy atom. The lowest BCUT2D eigenvalue weighted by Crippen LogP contribution is -2.43. The molecule has 28 heavy (non-hydrogen) atoms. The van der Waals surface area contributed by atoms with Gasteiger partial charge in [-0.1, -0.05) is 16.8 Å². The zero-order valence-corrected chi connectivity index (χ0v) is 15.7. The summed E-state index contributed by atoms with van der Waals surface area (Å²) < 4.78 is 10.5. The van der Waals surface area contributed by atoms with Crippen molar-refractivity contribution in [1.29, 1.82) is 0 Å². The van der Waals surface area contributed by atoms with Gasteiger partial charge in [0.25, 0.3) is 5.91 Å². The van der Waals surface area contributed by atoms with Crippen LogP contribution in [-0.2, 0) is 4.79 Å². The number of amides is 2. The Morgan fingerprint density at radius 1 is 1.18 bits per heavy atom. The molecule has 2 aromatic heterocycles. The van der Waals surface area contributed by atoms with Crippen LogP contribution in [0.4, 0.5) is 5.69 Å². The fraction of sp³-hybridized carbons (Fsp3) is 0.250. The molecule has 144 valence electrons. The van der Waals surface area contributed by atoms with Crippen molar-refractivity contribution in [2.24, 2.45) is 5.92 Å². The molecule has 8 heteroatoms. The van der Waals surface area contributed by atoms with Crippen molar-refractivity contribution in [2.45, 2.75) is 12.8 Å². The second-order valence-corrected chi connectivity index (χ2v) is 7.08. The maximum atomic E-state index is 12.8. The summed E-state index contributed by atoms with van der Waals surface area (Å²) in [6.45, 7) is 0.910. The third kappa shape index (κ3) is 3.94. The van der Waals surface area contributed by atoms with Crippen molar-refractivity contribution >= 4 is 29.1 Å². The van der Waals surface area contributed by atoms with Crippen LogP contribution in [-0.4, -0.2) is 35.0 Å². The highest BCUT2D eigenvalue weighted by atomic mass is 35.5. The van der Waals surface area contributed by atoms with E-state index in [1.807, 2.05) is 0 Å². The van der Waals surface area contributed by atoms with Gasteiger partial charge in [0.1, 0.15) is 0 Å². The molecule has 0 radical (unpaired) electrons. The van der Waals surface area contributed by atoms with Crippen LogP contribution in [0.15, 0.2) is 57.7 Å². The number of hydrogen-bond acceptors (Lipinski definition) is 5. The van der Waals surface area contributed by atoms with Gasteiger partial charge in [-0.2, -0.15) is 0 Å². The average Bonchev–Trinajstić information content (AvgIpc) is 3.41. The van der Waals surface area contributed by atoms with Gasteiger partial charge in [-0.05, 0) is 49.2 Å². The molecule has 7 nitrogen and oxygen atoms in total. The first kappa shape index (κ1) is 18.3. The molecule has 0 spiro atoms. The van der Waals surface area contributed by atoms with Crippen molar-refractivity contribution in [1.82, 2.24) is 10.1 Å². The summed E-state index contributed by atoms with van der Waals surface area (Å²) in [7, 11) is 0. The molecular formula is C20H18ClN3O4. The molecule has 1 aromatic carbocycles. The Hall–Kier alpha value is -3.06. The van der Waals surface area contributed by atoms with Crippen LogP contribution in [0.25, 0.3) is 11.5 Å². The predicted octanol–water partition coefficient (Wildman–Crippen LogP) is 4.08. The van der Waals surface area contributed by atoms with E-state index in [4.69, 9.17) is 20.5 Å². The standard InChI is InChI=1S/C20H18ClN3O4/c21-14-5-7-15(8-6-14)22-19(25)13-3-1-9-24(12-13)20(26)16-11-18(28-23-16)17-4-2-10-27-17/h2,4-8,10-11,13H,1,3,9,12H2,(H,22,25). The Bertz CT molecular complexity index is 966. The molecule has 1 aliphatic heterocycles. The SMILES string of the molecule is O=C(Nc1ccc(Cl)cc1)C1CCCN(C(=O)c2cc(-c3ccco3)on2)C1. The molecule has 1 atom stereocenters. The first-order valence-corrected chi connectivity index (χ1v) is 9.34. The first-order chi connectivity index (χ1) is 13.6. The largest absolute Gasteiger partial charge is 0.461 e. The van der Waals surface area contributed by atoms with Crippen LogP contribution in [0.3, 0.4) is 0 Å². The van der Waals surface area contributed by atoms with Gasteiger partial charge in [0.05, 0.1) is 12.2 Å². The highest BCUT2D eigenvalue weighted by Crippen LogP contribution is 2.24. The summed E-state index contributed by atoms with van der Waals surface area (Å²) in [5, 5.41) is 7.34. The normalized spacial score (nSPS) is 16.8. The van der Waals surface area contributed by atoms with Crippen LogP contribution in [0, 0.1) is 5.92 Å². The Kier molecular flexibility index (Phi) is 5.16. The maximum Gasteiger partial charge on any atom is 0.276 e. The lowest BCUT2D eigenvalue weighted by molar-refractivity contribution is -0.121. The summed E-state index contributed by atoms with van der Waals surface area (Å²) in [5.74, 6) is 0.236. The number of benzene rings is 1. The van der Waals surface area contributed by atoms with E-state index in [1.54, 1.807) is 47.4 Å². The van der Waals surface area contributed by atoms with E-state index < -0.39 is 0 Å². The molecule has 0 saturated carbocycles. The molecule has 1 aliphatic rings. The zero-order valence-electron chi connectivity index (χ0n) is 14.9. The summed E-state index contributed by atoms with van der Waals surface area (Å²) in [6, 6.07) is 11.9. The summed E-state index contributed by atoms with van der Waals surface area (Å²) in [6.07, 6.45) is 2.99. The lowest BCUT2D eigenvalue weighted by Gasteiger charge is -2.31. The van der Waals surface area contributed by atoms with Gasteiger partial charge < -0.3 is 19.2 Å². The third-order valence-corrected chi connectivity index (χ3v) is 4.94. The van der Waals surface area contributed by atoms with Crippen LogP contribution in [0.5, 0.6) is 0 Å². The summed E-state index contributed by atoms with van der Waals surface area (Å²) >= 11 is 5.87. The molecular weight excluding hydrogens is 382 g/mol. The summed E-state index contributed by atoms with van der Waals surface area (Å²) in [5.41, 5.74) is 0.877. The van der Waals surface area contributed by atoms with E-state index in [2.05, 4.69) is 10.5 Å². The minimum atomic E-state index is -0.287. The monoisotopic (exact) mass is 399 g/mol. The van der Waals surface area contributed by atoms with Gasteiger partial charge in [0, 0.05) is 29.9 Å². The Balaban J connectivity index is 1.41. The molecule has 2 amide bonds. The van der Waals surface area contributed by atoms with Gasteiger partial charge in [0.2, 0.25) is 11.7 Å². The minimum Gasteiger partial charge on any atom is -0.461 e. The lowest BCUT2D eigenvalue weighted by atomic mass is 9.96. The number of carbonyl (C=O) groups excluding carboxylic acids is 2. The topological polar surface area (TPSA) is 88.6 Å². The quantitative estimate of drug-likeness (QED) is 0.714. The third-order valence-electron chi connectivity index (χ3n) is 4.68. The number of rotatable bonds is 4. The van der Waals surface area contributed by atoms with E-state index in [-0.39, 0.29) is 23.4 Å². The van der Waals surface area contributed by atoms with Crippen molar-refractivity contribution in [3.63, 3.8) is 0 Å². The number of piperidine rings is 1. The van der Waals surface area contributed by atoms with Crippen molar-refractivity contribution < 1.29 is 18.5 Å². The highest BCUT2D eigenvalue weighted by Gasteiger charge is 2.30. The molecule has 1 fully saturated rings. The van der Waals surface area contributed by atoms with Gasteiger partial charge in [-0.25, -0.2) is 0 Å². The smallest absolute Gasteiger partial charge is 0.276 e. The number of nitrogens with one attached hydrogen (secondary N) is 1. The molecule has 0 bridgehead atoms. The molecule has 3 heterocycles. The maximum absolute atomic E-state index is 12.8. The molecule has 0 aliphatic carbocycles. The molecule has 3 aromatic rings. The second kappa shape index (κ2) is 7.90. The summed E-state index contributed by atoms with van der Waals surface area (Å²) in [4.78, 5) is 27.0. The number of anilines is 1. The number of furan rings is 1. The van der Waals surface area contributed by atoms with Crippen molar-refractivity contribution in [3.8, 4) is 11.5 Å². The van der Waals surface area contributed by atoms with E-state index >= 15 is 0 Å². The second-order valence-electron chi connectivity index (χ2n) is 6.64. The van der Waals surface area contributed by atoms with Crippen LogP contribution in [0.1, 0.15) is 23.3 Å². The van der Waals surface area contributed by atoms with Gasteiger partial charge in [-0.3, -0.25) is 9.59 Å². The number of nitrogens with zero attached hydrogens (tertiary/aromatic N) is 2. The number of aromatic nitrogens is 1. The Morgan fingerprint density at radius 3 is 2.75 bits per heavy atom. The van der Waals surface area contributed by atoms with E-state index in [1.165, 1.54) is 6.26 Å². The molecule has 1 N–H and O–H groups in total. The fourth-order valence-electron chi connectivity index (χ4n) is 3.23. The Labute approximate surface area is 166 Å². The number of halogens is 1. The van der Waals surface area contributed by atoms with Gasteiger partial charge in [-0.15, -0.1) is 0 Å². The predicted molar refractivity (Wildman–Crippen MR) is 103 cm³/mol. The molecule has 4 rings (SSSR count). The number of carbonyl (C=O) groups is 2. The van der Waals surface area contributed by atoms with Crippen LogP contribution < -0.4 is 5.32 Å². The van der Waals surface area contributed by atoms with E-state index in [0.29, 0.717) is 35.3 Å². The van der Waals surface area contributed by atoms with Crippen LogP contribution >= 0.6 is 11.6 Å². The number of hydrogen-bond donors (Lipinski definition) is 1. The van der Waals surface area contributed by atoms with Crippen molar-refractivity contribution in [3.05, 3.63) is 59.4 Å².